The monoisotopic (exact) mass is 664 g/mol. The second-order valence-electron chi connectivity index (χ2n) is 10.2. The fraction of sp³-hybridized carbons (Fsp3) is 0.250. The highest BCUT2D eigenvalue weighted by Crippen LogP contribution is 2.51. The molecule has 1 amide bonds. The molecular weight excluding hydrogens is 636 g/mol. The predicted molar refractivity (Wildman–Crippen MR) is 164 cm³/mol. The number of hydrogen-bond donors (Lipinski definition) is 3. The van der Waals surface area contributed by atoms with Crippen molar-refractivity contribution in [3.8, 4) is 5.75 Å². The van der Waals surface area contributed by atoms with Crippen LogP contribution in [0.3, 0.4) is 0 Å². The Balaban J connectivity index is 1.65. The van der Waals surface area contributed by atoms with Gasteiger partial charge in [0.15, 0.2) is 21.3 Å². The number of fused-ring (bicyclic) bond motifs is 1. The van der Waals surface area contributed by atoms with Gasteiger partial charge in [0, 0.05) is 30.9 Å². The van der Waals surface area contributed by atoms with Crippen molar-refractivity contribution < 1.29 is 39.3 Å². The second kappa shape index (κ2) is 11.9. The van der Waals surface area contributed by atoms with Crippen molar-refractivity contribution in [2.75, 3.05) is 22.9 Å². The molecule has 2 aromatic carbocycles. The maximum Gasteiger partial charge on any atom is 0.339 e. The molecule has 4 aromatic rings. The maximum absolute atomic E-state index is 13.9. The molecule has 3 heterocycles. The van der Waals surface area contributed by atoms with Gasteiger partial charge in [-0.1, -0.05) is 23.8 Å². The van der Waals surface area contributed by atoms with Crippen molar-refractivity contribution in [3.63, 3.8) is 0 Å². The number of hydrogen-bond acceptors (Lipinski definition) is 11. The first-order chi connectivity index (χ1) is 20.7. The molecule has 0 saturated carbocycles. The van der Waals surface area contributed by atoms with Crippen molar-refractivity contribution >= 4 is 53.4 Å². The Morgan fingerprint density at radius 2 is 1.82 bits per heavy atom. The van der Waals surface area contributed by atoms with E-state index in [2.05, 4.69) is 15.3 Å². The number of anilines is 1. The van der Waals surface area contributed by atoms with Crippen LogP contribution in [0.4, 0.5) is 10.2 Å². The summed E-state index contributed by atoms with van der Waals surface area (Å²) in [6, 6.07) is 12.0. The summed E-state index contributed by atoms with van der Waals surface area (Å²) in [5, 5.41) is 2.71. The normalized spacial score (nSPS) is 16.0. The highest BCUT2D eigenvalue weighted by Gasteiger charge is 2.33. The molecule has 0 bridgehead atoms. The fourth-order valence-electron chi connectivity index (χ4n) is 4.71. The molecule has 234 valence electrons. The predicted octanol–water partition coefficient (Wildman–Crippen LogP) is 4.44. The van der Waals surface area contributed by atoms with Crippen LogP contribution in [0.25, 0.3) is 10.9 Å². The third kappa shape index (κ3) is 6.49. The summed E-state index contributed by atoms with van der Waals surface area (Å²) in [5.74, 6) is -2.23. The van der Waals surface area contributed by atoms with Crippen LogP contribution in [-0.2, 0) is 26.5 Å². The molecule has 1 aliphatic rings. The Hall–Kier alpha value is -3.83. The number of rotatable bonds is 8. The van der Waals surface area contributed by atoms with E-state index in [1.807, 2.05) is 0 Å². The number of sulfone groups is 1. The van der Waals surface area contributed by atoms with E-state index in [0.717, 1.165) is 24.0 Å². The number of aryl methyl sites for hydroxylation is 1. The van der Waals surface area contributed by atoms with E-state index in [1.165, 1.54) is 28.7 Å². The fourth-order valence-corrected chi connectivity index (χ4v) is 8.25. The molecule has 0 atom stereocenters. The number of benzene rings is 2. The molecule has 0 spiro atoms. The average molecular weight is 665 g/mol. The zero-order chi connectivity index (χ0) is 31.9. The molecule has 3 N–H and O–H groups in total. The topological polar surface area (TPSA) is 176 Å². The summed E-state index contributed by atoms with van der Waals surface area (Å²) < 4.78 is 93.8. The minimum atomic E-state index is -4.52. The number of nitrogens with zero attached hydrogens (tertiary/aromatic N) is 3. The van der Waals surface area contributed by atoms with Crippen molar-refractivity contribution in [2.45, 2.75) is 36.1 Å². The van der Waals surface area contributed by atoms with Gasteiger partial charge < -0.3 is 9.50 Å². The van der Waals surface area contributed by atoms with Gasteiger partial charge in [0.25, 0.3) is 5.91 Å². The van der Waals surface area contributed by atoms with E-state index in [4.69, 9.17) is 4.18 Å². The summed E-state index contributed by atoms with van der Waals surface area (Å²) in [7, 11) is -11.7. The third-order valence-electron chi connectivity index (χ3n) is 6.90. The van der Waals surface area contributed by atoms with Crippen LogP contribution in [0, 0.1) is 12.7 Å². The zero-order valence-electron chi connectivity index (χ0n) is 23.6. The highest BCUT2D eigenvalue weighted by molar-refractivity contribution is 8.25. The van der Waals surface area contributed by atoms with Crippen molar-refractivity contribution in [1.82, 2.24) is 15.3 Å². The molecule has 16 heteroatoms. The summed E-state index contributed by atoms with van der Waals surface area (Å²) in [5.41, 5.74) is 0.238. The number of carbonyl (C=O) groups excluding carboxylic acids is 1. The average Bonchev–Trinajstić information content (AvgIpc) is 2.96. The van der Waals surface area contributed by atoms with Gasteiger partial charge in [0.05, 0.1) is 10.6 Å². The number of aromatic nitrogens is 2. The Morgan fingerprint density at radius 1 is 1.09 bits per heavy atom. The lowest BCUT2D eigenvalue weighted by atomic mass is 10.1. The molecule has 0 radical (unpaired) electrons. The first-order valence-corrected chi connectivity index (χ1v) is 18.2. The number of carbonyl (C=O) groups is 1. The number of nitrogens with one attached hydrogen (secondary N) is 1. The minimum Gasteiger partial charge on any atom is -0.374 e. The Kier molecular flexibility index (Phi) is 8.56. The summed E-state index contributed by atoms with van der Waals surface area (Å²) in [6.45, 7) is 1.57. The summed E-state index contributed by atoms with van der Waals surface area (Å²) in [4.78, 5) is 21.9. The van der Waals surface area contributed by atoms with Crippen LogP contribution in [-0.4, -0.2) is 60.4 Å². The quantitative estimate of drug-likeness (QED) is 0.227. The molecule has 0 aliphatic carbocycles. The molecule has 44 heavy (non-hydrogen) atoms. The molecule has 1 fully saturated rings. The first kappa shape index (κ1) is 31.6. The van der Waals surface area contributed by atoms with Gasteiger partial charge in [-0.2, -0.15) is 8.42 Å². The third-order valence-corrected chi connectivity index (χ3v) is 11.2. The lowest BCUT2D eigenvalue weighted by Crippen LogP contribution is -2.36. The summed E-state index contributed by atoms with van der Waals surface area (Å²) in [6.07, 6.45) is 3.40. The number of halogens is 1. The molecule has 12 nitrogen and oxygen atoms in total. The van der Waals surface area contributed by atoms with Crippen LogP contribution < -0.4 is 13.8 Å². The molecule has 5 rings (SSSR count). The van der Waals surface area contributed by atoms with E-state index >= 15 is 0 Å². The van der Waals surface area contributed by atoms with Crippen molar-refractivity contribution in [1.29, 1.82) is 0 Å². The lowest BCUT2D eigenvalue weighted by Gasteiger charge is -2.47. The van der Waals surface area contributed by atoms with E-state index < -0.39 is 60.4 Å². The van der Waals surface area contributed by atoms with Crippen LogP contribution in [0.1, 0.15) is 34.5 Å². The first-order valence-electron chi connectivity index (χ1n) is 13.3. The largest absolute Gasteiger partial charge is 0.374 e. The van der Waals surface area contributed by atoms with Crippen LogP contribution in [0.15, 0.2) is 70.6 Å². The lowest BCUT2D eigenvalue weighted by molar-refractivity contribution is 0.0944. The smallest absolute Gasteiger partial charge is 0.339 e. The van der Waals surface area contributed by atoms with Crippen LogP contribution in [0.2, 0.25) is 0 Å². The Bertz CT molecular complexity index is 1970. The maximum atomic E-state index is 13.9. The second-order valence-corrected chi connectivity index (χ2v) is 15.9. The van der Waals surface area contributed by atoms with E-state index in [-0.39, 0.29) is 44.4 Å². The SMILES string of the molecule is Cc1ccc(S(=O)(=O)Oc2c(C(=O)NCc3ccc(F)cc3S(C)(=O)=O)nc(N3CCCCS3(O)O)c3cccnc23)cc1. The van der Waals surface area contributed by atoms with Gasteiger partial charge >= 0.3 is 10.1 Å². The van der Waals surface area contributed by atoms with Gasteiger partial charge in [-0.3, -0.25) is 23.2 Å². The highest BCUT2D eigenvalue weighted by atomic mass is 32.3. The van der Waals surface area contributed by atoms with Gasteiger partial charge in [0.2, 0.25) is 5.75 Å². The zero-order valence-corrected chi connectivity index (χ0v) is 26.0. The summed E-state index contributed by atoms with van der Waals surface area (Å²) >= 11 is 0. The molecule has 1 saturated heterocycles. The van der Waals surface area contributed by atoms with E-state index in [9.17, 15) is 35.1 Å². The molecule has 1 aliphatic heterocycles. The molecule has 0 unspecified atom stereocenters. The van der Waals surface area contributed by atoms with Gasteiger partial charge in [-0.05, 0) is 61.7 Å². The van der Waals surface area contributed by atoms with Gasteiger partial charge in [0.1, 0.15) is 16.2 Å². The molecular formula is C28H29FN4O8S3. The van der Waals surface area contributed by atoms with E-state index in [1.54, 1.807) is 31.2 Å². The van der Waals surface area contributed by atoms with Gasteiger partial charge in [-0.15, -0.1) is 10.8 Å². The number of pyridine rings is 2. The molecule has 2 aromatic heterocycles. The standard InChI is InChI=1S/C28H29FN4O8S3/c1-18-7-11-21(12-8-18)44(39,40)41-26-24-22(6-5-13-30-24)27(33-14-3-4-15-43(33,37)38)32-25(26)28(34)31-17-19-9-10-20(29)16-23(19)42(2,35)36/h5-13,16,37-38H,3-4,14-15,17H2,1-2H3,(H,31,34). The number of amides is 1. The Morgan fingerprint density at radius 3 is 2.50 bits per heavy atom. The minimum absolute atomic E-state index is 0.0170. The van der Waals surface area contributed by atoms with Crippen molar-refractivity contribution in [3.05, 3.63) is 83.4 Å². The Labute approximate surface area is 255 Å². The van der Waals surface area contributed by atoms with E-state index in [0.29, 0.717) is 12.8 Å². The van der Waals surface area contributed by atoms with Gasteiger partial charge in [-0.25, -0.2) is 17.8 Å². The van der Waals surface area contributed by atoms with Crippen LogP contribution >= 0.6 is 10.8 Å². The van der Waals surface area contributed by atoms with Crippen molar-refractivity contribution in [2.24, 2.45) is 0 Å². The van der Waals surface area contributed by atoms with Crippen LogP contribution in [0.5, 0.6) is 5.75 Å².